The maximum Gasteiger partial charge on any atom is 0.0965 e. The van der Waals surface area contributed by atoms with Crippen LogP contribution in [0.5, 0.6) is 0 Å². The van der Waals surface area contributed by atoms with Crippen molar-refractivity contribution in [3.8, 4) is 11.1 Å². The van der Waals surface area contributed by atoms with E-state index in [2.05, 4.69) is 39.2 Å². The molecule has 0 bridgehead atoms. The molecule has 4 aromatic rings. The summed E-state index contributed by atoms with van der Waals surface area (Å²) in [4.78, 5) is 13.3. The van der Waals surface area contributed by atoms with E-state index in [1.165, 1.54) is 4.70 Å². The number of benzene rings is 2. The quantitative estimate of drug-likeness (QED) is 0.522. The van der Waals surface area contributed by atoms with Crippen molar-refractivity contribution in [3.05, 3.63) is 54.3 Å². The zero-order valence-electron chi connectivity index (χ0n) is 9.95. The molecule has 0 radical (unpaired) electrons. The molecule has 0 atom stereocenters. The summed E-state index contributed by atoms with van der Waals surface area (Å²) in [6.07, 6.45) is 3.45. The highest BCUT2D eigenvalue weighted by Gasteiger charge is 2.10. The Morgan fingerprint density at radius 2 is 1.53 bits per heavy atom. The van der Waals surface area contributed by atoms with E-state index in [0.717, 1.165) is 27.7 Å². The molecule has 0 saturated carbocycles. The highest BCUT2D eigenvalue weighted by atomic mass is 32.1. The van der Waals surface area contributed by atoms with Crippen molar-refractivity contribution in [1.29, 1.82) is 0 Å². The fourth-order valence-corrected chi connectivity index (χ4v) is 3.02. The Bertz CT molecular complexity index is 877. The average Bonchev–Trinajstić information content (AvgIpc) is 2.95. The molecular weight excluding hydrogens is 254 g/mol. The van der Waals surface area contributed by atoms with Gasteiger partial charge in [-0.2, -0.15) is 0 Å². The lowest BCUT2D eigenvalue weighted by molar-refractivity contribution is 1.29. The van der Waals surface area contributed by atoms with Gasteiger partial charge in [0, 0.05) is 23.5 Å². The molecule has 19 heavy (non-hydrogen) atoms. The Morgan fingerprint density at radius 1 is 0.737 bits per heavy atom. The number of hydrogen-bond donors (Lipinski definition) is 0. The summed E-state index contributed by atoms with van der Waals surface area (Å²) < 4.78 is 1.19. The Morgan fingerprint density at radius 3 is 2.47 bits per heavy atom. The van der Waals surface area contributed by atoms with Crippen LogP contribution in [-0.4, -0.2) is 15.0 Å². The third kappa shape index (κ3) is 1.61. The fourth-order valence-electron chi connectivity index (χ4n) is 2.31. The van der Waals surface area contributed by atoms with Crippen molar-refractivity contribution in [2.75, 3.05) is 0 Å². The molecule has 0 spiro atoms. The van der Waals surface area contributed by atoms with E-state index < -0.39 is 0 Å². The molecule has 0 saturated heterocycles. The van der Waals surface area contributed by atoms with Gasteiger partial charge in [-0.3, -0.25) is 9.97 Å². The van der Waals surface area contributed by atoms with Crippen LogP contribution in [0.2, 0.25) is 0 Å². The van der Waals surface area contributed by atoms with Crippen LogP contribution in [-0.2, 0) is 0 Å². The Labute approximate surface area is 113 Å². The Balaban J connectivity index is 2.12. The predicted molar refractivity (Wildman–Crippen MR) is 78.2 cm³/mol. The van der Waals surface area contributed by atoms with E-state index in [0.29, 0.717) is 0 Å². The van der Waals surface area contributed by atoms with E-state index in [1.54, 1.807) is 23.7 Å². The lowest BCUT2D eigenvalue weighted by atomic mass is 10.0. The van der Waals surface area contributed by atoms with Crippen LogP contribution in [0.4, 0.5) is 0 Å². The van der Waals surface area contributed by atoms with E-state index in [9.17, 15) is 0 Å². The fraction of sp³-hybridized carbons (Fsp3) is 0. The van der Waals surface area contributed by atoms with Crippen molar-refractivity contribution in [2.45, 2.75) is 0 Å². The Hall–Kier alpha value is -2.33. The maximum absolute atomic E-state index is 4.47. The lowest BCUT2D eigenvalue weighted by Gasteiger charge is -2.05. The van der Waals surface area contributed by atoms with Crippen molar-refractivity contribution < 1.29 is 0 Å². The van der Waals surface area contributed by atoms with Crippen LogP contribution in [0.3, 0.4) is 0 Å². The molecular formula is C15H9N3S. The van der Waals surface area contributed by atoms with E-state index in [4.69, 9.17) is 0 Å². The molecule has 0 amide bonds. The molecule has 2 aromatic heterocycles. The smallest absolute Gasteiger partial charge is 0.0965 e. The largest absolute Gasteiger partial charge is 0.253 e. The number of thiazole rings is 1. The molecule has 0 unspecified atom stereocenters. The molecule has 0 N–H and O–H groups in total. The van der Waals surface area contributed by atoms with Crippen LogP contribution >= 0.6 is 11.3 Å². The van der Waals surface area contributed by atoms with Crippen LogP contribution in [0.1, 0.15) is 0 Å². The van der Waals surface area contributed by atoms with Gasteiger partial charge in [-0.25, -0.2) is 4.98 Å². The van der Waals surface area contributed by atoms with Crippen LogP contribution < -0.4 is 0 Å². The van der Waals surface area contributed by atoms with Crippen LogP contribution in [0.25, 0.3) is 32.4 Å². The van der Waals surface area contributed by atoms with Gasteiger partial charge < -0.3 is 0 Å². The third-order valence-electron chi connectivity index (χ3n) is 3.15. The van der Waals surface area contributed by atoms with Crippen molar-refractivity contribution >= 4 is 32.6 Å². The second kappa shape index (κ2) is 4.10. The molecule has 3 nitrogen and oxygen atoms in total. The van der Waals surface area contributed by atoms with Gasteiger partial charge in [-0.05, 0) is 12.1 Å². The number of para-hydroxylation sites is 2. The first kappa shape index (κ1) is 10.6. The SMILES string of the molecule is c1cc(-c2cccc3scnc23)c2nccnc2c1. The van der Waals surface area contributed by atoms with Crippen molar-refractivity contribution in [1.82, 2.24) is 15.0 Å². The zero-order valence-corrected chi connectivity index (χ0v) is 10.8. The molecule has 4 heteroatoms. The minimum Gasteiger partial charge on any atom is -0.253 e. The molecule has 0 aliphatic heterocycles. The summed E-state index contributed by atoms with van der Waals surface area (Å²) >= 11 is 1.65. The van der Waals surface area contributed by atoms with Gasteiger partial charge in [-0.15, -0.1) is 11.3 Å². The van der Waals surface area contributed by atoms with E-state index in [-0.39, 0.29) is 0 Å². The molecule has 0 fully saturated rings. The topological polar surface area (TPSA) is 38.7 Å². The monoisotopic (exact) mass is 263 g/mol. The number of rotatable bonds is 1. The van der Waals surface area contributed by atoms with Gasteiger partial charge in [0.05, 0.1) is 26.8 Å². The minimum atomic E-state index is 0.909. The summed E-state index contributed by atoms with van der Waals surface area (Å²) in [5.41, 5.74) is 6.95. The minimum absolute atomic E-state index is 0.909. The molecule has 2 aromatic carbocycles. The normalized spacial score (nSPS) is 11.2. The summed E-state index contributed by atoms with van der Waals surface area (Å²) in [7, 11) is 0. The first-order valence-electron chi connectivity index (χ1n) is 5.96. The second-order valence-corrected chi connectivity index (χ2v) is 5.12. The summed E-state index contributed by atoms with van der Waals surface area (Å²) in [5.74, 6) is 0. The third-order valence-corrected chi connectivity index (χ3v) is 3.94. The highest BCUT2D eigenvalue weighted by molar-refractivity contribution is 7.16. The molecule has 0 aliphatic carbocycles. The average molecular weight is 263 g/mol. The standard InChI is InChI=1S/C15H9N3S/c1-3-10(14-12(5-1)16-7-8-17-14)11-4-2-6-13-15(11)18-9-19-13/h1-9H. The molecule has 0 aliphatic rings. The van der Waals surface area contributed by atoms with E-state index in [1.807, 2.05) is 17.6 Å². The summed E-state index contributed by atoms with van der Waals surface area (Å²) in [6.45, 7) is 0. The number of hydrogen-bond acceptors (Lipinski definition) is 4. The molecule has 90 valence electrons. The van der Waals surface area contributed by atoms with Crippen molar-refractivity contribution in [2.24, 2.45) is 0 Å². The summed E-state index contributed by atoms with van der Waals surface area (Å²) in [6, 6.07) is 12.3. The predicted octanol–water partition coefficient (Wildman–Crippen LogP) is 3.91. The first-order chi connectivity index (χ1) is 9.43. The van der Waals surface area contributed by atoms with Crippen LogP contribution in [0, 0.1) is 0 Å². The van der Waals surface area contributed by atoms with Gasteiger partial charge in [0.1, 0.15) is 0 Å². The lowest BCUT2D eigenvalue weighted by Crippen LogP contribution is -1.87. The van der Waals surface area contributed by atoms with Gasteiger partial charge in [0.25, 0.3) is 0 Å². The van der Waals surface area contributed by atoms with Crippen molar-refractivity contribution in [3.63, 3.8) is 0 Å². The first-order valence-corrected chi connectivity index (χ1v) is 6.84. The maximum atomic E-state index is 4.47. The van der Waals surface area contributed by atoms with Gasteiger partial charge >= 0.3 is 0 Å². The molecule has 2 heterocycles. The number of aromatic nitrogens is 3. The Kier molecular flexibility index (Phi) is 2.28. The summed E-state index contributed by atoms with van der Waals surface area (Å²) in [5, 5.41) is 0. The molecule has 4 rings (SSSR count). The van der Waals surface area contributed by atoms with E-state index >= 15 is 0 Å². The van der Waals surface area contributed by atoms with Crippen LogP contribution in [0.15, 0.2) is 54.3 Å². The highest BCUT2D eigenvalue weighted by Crippen LogP contribution is 2.32. The number of nitrogens with zero attached hydrogens (tertiary/aromatic N) is 3. The number of fused-ring (bicyclic) bond motifs is 2. The van der Waals surface area contributed by atoms with Gasteiger partial charge in [0.15, 0.2) is 0 Å². The van der Waals surface area contributed by atoms with Gasteiger partial charge in [-0.1, -0.05) is 24.3 Å². The second-order valence-electron chi connectivity index (χ2n) is 4.23. The van der Waals surface area contributed by atoms with Gasteiger partial charge in [0.2, 0.25) is 0 Å². The zero-order chi connectivity index (χ0) is 12.7.